The van der Waals surface area contributed by atoms with E-state index in [9.17, 15) is 18.3 Å². The molecule has 2 N–H and O–H groups in total. The van der Waals surface area contributed by atoms with Crippen LogP contribution in [0, 0.1) is 0 Å². The Bertz CT molecular complexity index is 1090. The first kappa shape index (κ1) is 22.5. The second-order valence-corrected chi connectivity index (χ2v) is 8.07. The second kappa shape index (κ2) is 9.40. The quantitative estimate of drug-likeness (QED) is 0.506. The molecule has 3 aromatic carbocycles. The lowest BCUT2D eigenvalue weighted by Crippen LogP contribution is -2.45. The Kier molecular flexibility index (Phi) is 6.60. The van der Waals surface area contributed by atoms with Gasteiger partial charge in [-0.05, 0) is 47.0 Å². The first-order chi connectivity index (χ1) is 15.3. The van der Waals surface area contributed by atoms with Gasteiger partial charge in [0, 0.05) is 42.8 Å². The molecule has 0 radical (unpaired) electrons. The van der Waals surface area contributed by atoms with E-state index in [1.807, 2.05) is 36.4 Å². The molecule has 0 aromatic heterocycles. The Hall–Kier alpha value is -2.74. The topological polar surface area (TPSA) is 44.7 Å². The van der Waals surface area contributed by atoms with Crippen molar-refractivity contribution in [2.75, 3.05) is 19.6 Å². The largest absolute Gasteiger partial charge is 0.573 e. The van der Waals surface area contributed by atoms with Crippen LogP contribution in [0.15, 0.2) is 66.7 Å². The zero-order valence-electron chi connectivity index (χ0n) is 17.1. The van der Waals surface area contributed by atoms with Crippen LogP contribution in [-0.2, 0) is 6.54 Å². The summed E-state index contributed by atoms with van der Waals surface area (Å²) in [4.78, 5) is 2.27. The SMILES string of the molecule is Oc1ccc(OC(F)(F)F)c(-c2ccccc2CN2CCNCC2c2cccc(Cl)c2)c1. The lowest BCUT2D eigenvalue weighted by atomic mass is 9.96. The third kappa shape index (κ3) is 5.35. The lowest BCUT2D eigenvalue weighted by Gasteiger charge is -2.37. The third-order valence-electron chi connectivity index (χ3n) is 5.46. The molecule has 1 unspecified atom stereocenters. The Labute approximate surface area is 189 Å². The predicted octanol–water partition coefficient (Wildman–Crippen LogP) is 5.76. The van der Waals surface area contributed by atoms with Gasteiger partial charge in [0.2, 0.25) is 0 Å². The van der Waals surface area contributed by atoms with Crippen LogP contribution >= 0.6 is 11.6 Å². The fourth-order valence-electron chi connectivity index (χ4n) is 4.06. The highest BCUT2D eigenvalue weighted by molar-refractivity contribution is 6.30. The number of alkyl halides is 3. The van der Waals surface area contributed by atoms with E-state index in [0.717, 1.165) is 36.8 Å². The number of rotatable bonds is 5. The highest BCUT2D eigenvalue weighted by Crippen LogP contribution is 2.39. The zero-order valence-corrected chi connectivity index (χ0v) is 17.8. The molecule has 0 amide bonds. The summed E-state index contributed by atoms with van der Waals surface area (Å²) in [5.41, 5.74) is 2.66. The molecule has 4 rings (SSSR count). The minimum atomic E-state index is -4.84. The fraction of sp³-hybridized carbons (Fsp3) is 0.250. The lowest BCUT2D eigenvalue weighted by molar-refractivity contribution is -0.274. The van der Waals surface area contributed by atoms with Crippen molar-refractivity contribution in [2.45, 2.75) is 18.9 Å². The first-order valence-corrected chi connectivity index (χ1v) is 10.6. The van der Waals surface area contributed by atoms with E-state index in [1.54, 1.807) is 12.1 Å². The van der Waals surface area contributed by atoms with Crippen molar-refractivity contribution in [1.29, 1.82) is 0 Å². The molecule has 168 valence electrons. The van der Waals surface area contributed by atoms with Crippen molar-refractivity contribution in [3.8, 4) is 22.6 Å². The summed E-state index contributed by atoms with van der Waals surface area (Å²) in [6.07, 6.45) is -4.84. The molecule has 8 heteroatoms. The van der Waals surface area contributed by atoms with Crippen LogP contribution < -0.4 is 10.1 Å². The minimum absolute atomic E-state index is 0.0607. The maximum atomic E-state index is 13.0. The van der Waals surface area contributed by atoms with Gasteiger partial charge in [-0.2, -0.15) is 0 Å². The number of nitrogens with one attached hydrogen (secondary N) is 1. The van der Waals surface area contributed by atoms with Crippen LogP contribution in [0.1, 0.15) is 17.2 Å². The van der Waals surface area contributed by atoms with Crippen LogP contribution in [0.3, 0.4) is 0 Å². The average molecular weight is 463 g/mol. The smallest absolute Gasteiger partial charge is 0.508 e. The van der Waals surface area contributed by atoms with E-state index >= 15 is 0 Å². The summed E-state index contributed by atoms with van der Waals surface area (Å²) >= 11 is 6.19. The second-order valence-electron chi connectivity index (χ2n) is 7.63. The molecule has 0 bridgehead atoms. The van der Waals surface area contributed by atoms with Crippen molar-refractivity contribution in [3.05, 3.63) is 82.9 Å². The molecular weight excluding hydrogens is 441 g/mol. The van der Waals surface area contributed by atoms with E-state index < -0.39 is 6.36 Å². The number of phenols is 1. The Morgan fingerprint density at radius 1 is 1.03 bits per heavy atom. The number of nitrogens with zero attached hydrogens (tertiary/aromatic N) is 1. The monoisotopic (exact) mass is 462 g/mol. The molecule has 1 heterocycles. The van der Waals surface area contributed by atoms with Crippen LogP contribution in [0.2, 0.25) is 5.02 Å². The molecule has 4 nitrogen and oxygen atoms in total. The molecule has 3 aromatic rings. The van der Waals surface area contributed by atoms with Gasteiger partial charge in [0.15, 0.2) is 0 Å². The highest BCUT2D eigenvalue weighted by atomic mass is 35.5. The highest BCUT2D eigenvalue weighted by Gasteiger charge is 2.33. The number of benzene rings is 3. The Balaban J connectivity index is 1.69. The average Bonchev–Trinajstić information content (AvgIpc) is 2.75. The maximum absolute atomic E-state index is 13.0. The van der Waals surface area contributed by atoms with Crippen molar-refractivity contribution < 1.29 is 23.0 Å². The molecule has 0 aliphatic carbocycles. The number of hydrogen-bond acceptors (Lipinski definition) is 4. The molecule has 1 aliphatic heterocycles. The van der Waals surface area contributed by atoms with Gasteiger partial charge in [-0.1, -0.05) is 48.0 Å². The van der Waals surface area contributed by atoms with Gasteiger partial charge in [0.1, 0.15) is 11.5 Å². The van der Waals surface area contributed by atoms with E-state index in [4.69, 9.17) is 11.6 Å². The zero-order chi connectivity index (χ0) is 22.7. The van der Waals surface area contributed by atoms with Gasteiger partial charge < -0.3 is 15.2 Å². The standard InChI is InChI=1S/C24H22ClF3N2O2/c25-18-6-3-5-16(12-18)22-14-29-10-11-30(22)15-17-4-1-2-7-20(17)21-13-19(31)8-9-23(21)32-24(26,27)28/h1-9,12-13,22,29,31H,10-11,14-15H2. The summed E-state index contributed by atoms with van der Waals surface area (Å²) in [5, 5.41) is 14.0. The van der Waals surface area contributed by atoms with Gasteiger partial charge in [0.05, 0.1) is 0 Å². The Morgan fingerprint density at radius 2 is 1.84 bits per heavy atom. The van der Waals surface area contributed by atoms with Crippen LogP contribution in [0.5, 0.6) is 11.5 Å². The third-order valence-corrected chi connectivity index (χ3v) is 5.69. The van der Waals surface area contributed by atoms with Gasteiger partial charge in [-0.25, -0.2) is 0 Å². The van der Waals surface area contributed by atoms with Crippen molar-refractivity contribution in [2.24, 2.45) is 0 Å². The number of hydrogen-bond donors (Lipinski definition) is 2. The van der Waals surface area contributed by atoms with Crippen molar-refractivity contribution in [3.63, 3.8) is 0 Å². The molecule has 1 fully saturated rings. The fourth-order valence-corrected chi connectivity index (χ4v) is 4.26. The van der Waals surface area contributed by atoms with Crippen molar-refractivity contribution >= 4 is 11.6 Å². The summed E-state index contributed by atoms with van der Waals surface area (Å²) in [6.45, 7) is 2.80. The Morgan fingerprint density at radius 3 is 2.62 bits per heavy atom. The molecule has 0 saturated carbocycles. The van der Waals surface area contributed by atoms with Crippen molar-refractivity contribution in [1.82, 2.24) is 10.2 Å². The van der Waals surface area contributed by atoms with Gasteiger partial charge in [-0.15, -0.1) is 13.2 Å². The maximum Gasteiger partial charge on any atom is 0.573 e. The summed E-state index contributed by atoms with van der Waals surface area (Å²) < 4.78 is 43.2. The molecule has 1 atom stereocenters. The summed E-state index contributed by atoms with van der Waals surface area (Å²) in [6, 6.07) is 18.6. The predicted molar refractivity (Wildman–Crippen MR) is 118 cm³/mol. The molecule has 1 aliphatic rings. The van der Waals surface area contributed by atoms with Crippen LogP contribution in [0.25, 0.3) is 11.1 Å². The van der Waals surface area contributed by atoms with Gasteiger partial charge >= 0.3 is 6.36 Å². The normalized spacial score (nSPS) is 17.3. The van der Waals surface area contributed by atoms with Crippen LogP contribution in [-0.4, -0.2) is 36.0 Å². The summed E-state index contributed by atoms with van der Waals surface area (Å²) in [5.74, 6) is -0.488. The number of halogens is 4. The molecule has 1 saturated heterocycles. The molecular formula is C24H22ClF3N2O2. The van der Waals surface area contributed by atoms with E-state index in [-0.39, 0.29) is 23.1 Å². The number of phenolic OH excluding ortho intramolecular Hbond substituents is 1. The van der Waals surface area contributed by atoms with E-state index in [1.165, 1.54) is 12.1 Å². The van der Waals surface area contributed by atoms with Crippen LogP contribution in [0.4, 0.5) is 13.2 Å². The van der Waals surface area contributed by atoms with Gasteiger partial charge in [0.25, 0.3) is 0 Å². The van der Waals surface area contributed by atoms with Gasteiger partial charge in [-0.3, -0.25) is 4.90 Å². The van der Waals surface area contributed by atoms with E-state index in [2.05, 4.69) is 15.0 Å². The minimum Gasteiger partial charge on any atom is -0.508 e. The summed E-state index contributed by atoms with van der Waals surface area (Å²) in [7, 11) is 0. The number of ether oxygens (including phenoxy) is 1. The number of piperazine rings is 1. The molecule has 32 heavy (non-hydrogen) atoms. The first-order valence-electron chi connectivity index (χ1n) is 10.2. The molecule has 0 spiro atoms. The van der Waals surface area contributed by atoms with E-state index in [0.29, 0.717) is 17.1 Å². The number of aromatic hydroxyl groups is 1.